The Hall–Kier alpha value is -2.28. The molecule has 7 heteroatoms. The zero-order chi connectivity index (χ0) is 18.1. The van der Waals surface area contributed by atoms with E-state index < -0.39 is 12.1 Å². The van der Waals surface area contributed by atoms with Gasteiger partial charge < -0.3 is 24.2 Å². The van der Waals surface area contributed by atoms with Crippen LogP contribution in [0.1, 0.15) is 26.2 Å². The van der Waals surface area contributed by atoms with Crippen LogP contribution in [0.25, 0.3) is 0 Å². The molecule has 0 aromatic heterocycles. The molecule has 1 unspecified atom stereocenters. The number of carbonyl (C=O) groups is 2. The molecule has 7 nitrogen and oxygen atoms in total. The monoisotopic (exact) mass is 351 g/mol. The summed E-state index contributed by atoms with van der Waals surface area (Å²) in [5.41, 5.74) is 0. The number of amides is 1. The maximum absolute atomic E-state index is 12.3. The number of carbonyl (C=O) groups excluding carboxylic acids is 1. The van der Waals surface area contributed by atoms with Gasteiger partial charge in [0, 0.05) is 19.5 Å². The molecule has 0 spiro atoms. The average molecular weight is 351 g/mol. The number of hydrogen-bond donors (Lipinski definition) is 1. The second-order valence-corrected chi connectivity index (χ2v) is 5.76. The van der Waals surface area contributed by atoms with Crippen LogP contribution in [-0.2, 0) is 14.3 Å². The largest absolute Gasteiger partial charge is 0.490 e. The number of morpholine rings is 1. The van der Waals surface area contributed by atoms with Crippen molar-refractivity contribution < 1.29 is 28.9 Å². The molecule has 1 amide bonds. The number of nitrogens with zero attached hydrogens (tertiary/aromatic N) is 1. The summed E-state index contributed by atoms with van der Waals surface area (Å²) in [5, 5.41) is 8.82. The SMILES string of the molecule is CCOc1ccccc1OCCCC(=O)N1CCOC(CC(=O)O)C1. The fourth-order valence-corrected chi connectivity index (χ4v) is 2.67. The number of aliphatic carboxylic acids is 1. The molecule has 1 aliphatic heterocycles. The van der Waals surface area contributed by atoms with Crippen molar-refractivity contribution in [3.8, 4) is 11.5 Å². The first-order valence-corrected chi connectivity index (χ1v) is 8.56. The van der Waals surface area contributed by atoms with E-state index in [2.05, 4.69) is 0 Å². The number of carboxylic acids is 1. The van der Waals surface area contributed by atoms with E-state index in [9.17, 15) is 9.59 Å². The van der Waals surface area contributed by atoms with Gasteiger partial charge in [-0.3, -0.25) is 9.59 Å². The Kier molecular flexibility index (Phi) is 7.53. The molecule has 1 atom stereocenters. The fourth-order valence-electron chi connectivity index (χ4n) is 2.67. The van der Waals surface area contributed by atoms with Gasteiger partial charge in [-0.05, 0) is 25.5 Å². The van der Waals surface area contributed by atoms with Gasteiger partial charge in [0.05, 0.1) is 32.3 Å². The average Bonchev–Trinajstić information content (AvgIpc) is 2.59. The number of benzene rings is 1. The minimum absolute atomic E-state index is 0.000354. The van der Waals surface area contributed by atoms with Crippen molar-refractivity contribution in [2.24, 2.45) is 0 Å². The second-order valence-electron chi connectivity index (χ2n) is 5.76. The van der Waals surface area contributed by atoms with E-state index in [4.69, 9.17) is 19.3 Å². The summed E-state index contributed by atoms with van der Waals surface area (Å²) in [4.78, 5) is 24.7. The van der Waals surface area contributed by atoms with E-state index in [-0.39, 0.29) is 12.3 Å². The van der Waals surface area contributed by atoms with Crippen LogP contribution >= 0.6 is 0 Å². The molecule has 0 radical (unpaired) electrons. The van der Waals surface area contributed by atoms with Gasteiger partial charge in [0.2, 0.25) is 5.91 Å². The topological polar surface area (TPSA) is 85.3 Å². The highest BCUT2D eigenvalue weighted by Crippen LogP contribution is 2.26. The number of carboxylic acid groups (broad SMARTS) is 1. The lowest BCUT2D eigenvalue weighted by atomic mass is 10.2. The molecular weight excluding hydrogens is 326 g/mol. The Morgan fingerprint density at radius 2 is 2.00 bits per heavy atom. The predicted molar refractivity (Wildman–Crippen MR) is 90.9 cm³/mol. The van der Waals surface area contributed by atoms with Gasteiger partial charge in [0.25, 0.3) is 0 Å². The standard InChI is InChI=1S/C18H25NO6/c1-2-23-15-6-3-4-7-16(15)25-10-5-8-17(20)19-9-11-24-14(13-19)12-18(21)22/h3-4,6-7,14H,2,5,8-13H2,1H3,(H,21,22). The van der Waals surface area contributed by atoms with Crippen molar-refractivity contribution in [2.45, 2.75) is 32.3 Å². The Morgan fingerprint density at radius 3 is 2.68 bits per heavy atom. The van der Waals surface area contributed by atoms with Gasteiger partial charge in [-0.1, -0.05) is 12.1 Å². The van der Waals surface area contributed by atoms with E-state index in [1.165, 1.54) is 0 Å². The lowest BCUT2D eigenvalue weighted by Gasteiger charge is -2.32. The van der Waals surface area contributed by atoms with Gasteiger partial charge in [0.1, 0.15) is 0 Å². The number of para-hydroxylation sites is 2. The van der Waals surface area contributed by atoms with Crippen LogP contribution in [0.3, 0.4) is 0 Å². The van der Waals surface area contributed by atoms with Gasteiger partial charge in [-0.2, -0.15) is 0 Å². The van der Waals surface area contributed by atoms with Gasteiger partial charge in [-0.15, -0.1) is 0 Å². The predicted octanol–water partition coefficient (Wildman–Crippen LogP) is 1.95. The molecule has 1 N–H and O–H groups in total. The highest BCUT2D eigenvalue weighted by Gasteiger charge is 2.25. The fraction of sp³-hybridized carbons (Fsp3) is 0.556. The normalized spacial score (nSPS) is 17.2. The van der Waals surface area contributed by atoms with Crippen LogP contribution in [0, 0.1) is 0 Å². The Labute approximate surface area is 147 Å². The first-order valence-electron chi connectivity index (χ1n) is 8.56. The molecule has 0 saturated carbocycles. The third kappa shape index (κ3) is 6.26. The van der Waals surface area contributed by atoms with Gasteiger partial charge >= 0.3 is 5.97 Å². The Balaban J connectivity index is 1.72. The lowest BCUT2D eigenvalue weighted by Crippen LogP contribution is -2.46. The summed E-state index contributed by atoms with van der Waals surface area (Å²) >= 11 is 0. The van der Waals surface area contributed by atoms with Crippen LogP contribution in [0.4, 0.5) is 0 Å². The van der Waals surface area contributed by atoms with Crippen LogP contribution in [-0.4, -0.2) is 60.9 Å². The highest BCUT2D eigenvalue weighted by molar-refractivity contribution is 5.76. The number of rotatable bonds is 9. The summed E-state index contributed by atoms with van der Waals surface area (Å²) < 4.78 is 16.6. The second kappa shape index (κ2) is 9.88. The highest BCUT2D eigenvalue weighted by atomic mass is 16.5. The first kappa shape index (κ1) is 19.1. The minimum atomic E-state index is -0.916. The van der Waals surface area contributed by atoms with Crippen molar-refractivity contribution in [2.75, 3.05) is 32.9 Å². The molecule has 1 heterocycles. The van der Waals surface area contributed by atoms with E-state index in [0.29, 0.717) is 57.3 Å². The maximum atomic E-state index is 12.3. The molecule has 0 aliphatic carbocycles. The van der Waals surface area contributed by atoms with E-state index >= 15 is 0 Å². The summed E-state index contributed by atoms with van der Waals surface area (Å²) in [6.07, 6.45) is 0.433. The van der Waals surface area contributed by atoms with Crippen molar-refractivity contribution in [3.05, 3.63) is 24.3 Å². The molecule has 25 heavy (non-hydrogen) atoms. The molecule has 2 rings (SSSR count). The summed E-state index contributed by atoms with van der Waals surface area (Å²) in [6.45, 7) is 4.10. The third-order valence-corrected chi connectivity index (χ3v) is 3.84. The Bertz CT molecular complexity index is 576. The summed E-state index contributed by atoms with van der Waals surface area (Å²) in [6, 6.07) is 7.44. The van der Waals surface area contributed by atoms with Crippen LogP contribution in [0.5, 0.6) is 11.5 Å². The number of hydrogen-bond acceptors (Lipinski definition) is 5. The smallest absolute Gasteiger partial charge is 0.306 e. The molecule has 1 saturated heterocycles. The van der Waals surface area contributed by atoms with Crippen LogP contribution < -0.4 is 9.47 Å². The molecule has 138 valence electrons. The van der Waals surface area contributed by atoms with Crippen LogP contribution in [0.15, 0.2) is 24.3 Å². The minimum Gasteiger partial charge on any atom is -0.490 e. The molecule has 1 aromatic rings. The first-order chi connectivity index (χ1) is 12.1. The quantitative estimate of drug-likeness (QED) is 0.685. The van der Waals surface area contributed by atoms with E-state index in [1.54, 1.807) is 4.90 Å². The zero-order valence-corrected chi connectivity index (χ0v) is 14.5. The van der Waals surface area contributed by atoms with Crippen molar-refractivity contribution >= 4 is 11.9 Å². The van der Waals surface area contributed by atoms with Crippen LogP contribution in [0.2, 0.25) is 0 Å². The van der Waals surface area contributed by atoms with Crippen molar-refractivity contribution in [3.63, 3.8) is 0 Å². The molecule has 0 bridgehead atoms. The van der Waals surface area contributed by atoms with E-state index in [0.717, 1.165) is 0 Å². The molecule has 1 aliphatic rings. The molecular formula is C18H25NO6. The molecule has 1 aromatic carbocycles. The molecule has 1 fully saturated rings. The number of ether oxygens (including phenoxy) is 3. The Morgan fingerprint density at radius 1 is 1.28 bits per heavy atom. The van der Waals surface area contributed by atoms with Gasteiger partial charge in [0.15, 0.2) is 11.5 Å². The van der Waals surface area contributed by atoms with Crippen molar-refractivity contribution in [1.82, 2.24) is 4.90 Å². The van der Waals surface area contributed by atoms with Gasteiger partial charge in [-0.25, -0.2) is 0 Å². The maximum Gasteiger partial charge on any atom is 0.306 e. The van der Waals surface area contributed by atoms with Crippen molar-refractivity contribution in [1.29, 1.82) is 0 Å². The zero-order valence-electron chi connectivity index (χ0n) is 14.5. The lowest BCUT2D eigenvalue weighted by molar-refractivity contribution is -0.147. The summed E-state index contributed by atoms with van der Waals surface area (Å²) in [7, 11) is 0. The third-order valence-electron chi connectivity index (χ3n) is 3.84. The van der Waals surface area contributed by atoms with E-state index in [1.807, 2.05) is 31.2 Å². The summed E-state index contributed by atoms with van der Waals surface area (Å²) in [5.74, 6) is 0.451.